The maximum Gasteiger partial charge on any atom is 0.252 e. The van der Waals surface area contributed by atoms with Crippen LogP contribution in [0.25, 0.3) is 10.9 Å². The number of likely N-dealkylation sites (tertiary alicyclic amines) is 1. The van der Waals surface area contributed by atoms with E-state index in [0.29, 0.717) is 6.54 Å². The van der Waals surface area contributed by atoms with Crippen LogP contribution in [0.5, 0.6) is 0 Å². The minimum Gasteiger partial charge on any atom is -0.322 e. The molecule has 124 valence electrons. The number of aromatic amines is 1. The fourth-order valence-electron chi connectivity index (χ4n) is 3.43. The summed E-state index contributed by atoms with van der Waals surface area (Å²) in [6.45, 7) is 7.51. The molecule has 1 saturated heterocycles. The predicted octanol–water partition coefficient (Wildman–Crippen LogP) is 2.75. The van der Waals surface area contributed by atoms with Crippen molar-refractivity contribution in [2.75, 3.05) is 33.2 Å². The Labute approximate surface area is 138 Å². The summed E-state index contributed by atoms with van der Waals surface area (Å²) in [7, 11) is 2.10. The van der Waals surface area contributed by atoms with Gasteiger partial charge in [0.1, 0.15) is 0 Å². The lowest BCUT2D eigenvalue weighted by Gasteiger charge is -2.19. The van der Waals surface area contributed by atoms with E-state index in [1.54, 1.807) is 0 Å². The van der Waals surface area contributed by atoms with E-state index in [0.717, 1.165) is 23.0 Å². The van der Waals surface area contributed by atoms with Crippen molar-refractivity contribution in [2.45, 2.75) is 32.7 Å². The molecule has 1 fully saturated rings. The van der Waals surface area contributed by atoms with Crippen LogP contribution >= 0.6 is 0 Å². The number of fused-ring (bicyclic) bond motifs is 1. The number of nitrogens with one attached hydrogen (secondary N) is 1. The van der Waals surface area contributed by atoms with Gasteiger partial charge in [-0.1, -0.05) is 11.6 Å². The number of nitrogens with zero attached hydrogens (tertiary/aromatic N) is 2. The molecular weight excluding hydrogens is 286 g/mol. The van der Waals surface area contributed by atoms with Gasteiger partial charge in [-0.15, -0.1) is 0 Å². The Morgan fingerprint density at radius 2 is 2.00 bits per heavy atom. The summed E-state index contributed by atoms with van der Waals surface area (Å²) >= 11 is 0. The molecular formula is C19H27N3O. The van der Waals surface area contributed by atoms with Crippen molar-refractivity contribution in [3.8, 4) is 0 Å². The third-order valence-electron chi connectivity index (χ3n) is 4.73. The standard InChI is InChI=1S/C19H27N3O/c1-15-6-7-18-16(12-15)13-17(19(23)20-18)14-21(2)8-5-11-22-9-3-4-10-22/h6-7,12-13H,3-5,8-11,14H2,1-2H3,(H,20,23). The molecule has 0 unspecified atom stereocenters. The average Bonchev–Trinajstić information content (AvgIpc) is 3.02. The van der Waals surface area contributed by atoms with Gasteiger partial charge in [-0.3, -0.25) is 4.79 Å². The van der Waals surface area contributed by atoms with Crippen LogP contribution < -0.4 is 5.56 Å². The smallest absolute Gasteiger partial charge is 0.252 e. The molecule has 4 nitrogen and oxygen atoms in total. The van der Waals surface area contributed by atoms with Crippen LogP contribution in [0.2, 0.25) is 0 Å². The summed E-state index contributed by atoms with van der Waals surface area (Å²) in [4.78, 5) is 20.0. The Hall–Kier alpha value is -1.65. The largest absolute Gasteiger partial charge is 0.322 e. The van der Waals surface area contributed by atoms with Crippen molar-refractivity contribution in [2.24, 2.45) is 0 Å². The molecule has 23 heavy (non-hydrogen) atoms. The Bertz CT molecular complexity index is 716. The molecule has 4 heteroatoms. The second kappa shape index (κ2) is 7.28. The van der Waals surface area contributed by atoms with Gasteiger partial charge in [-0.2, -0.15) is 0 Å². The highest BCUT2D eigenvalue weighted by molar-refractivity contribution is 5.79. The van der Waals surface area contributed by atoms with Gasteiger partial charge in [0, 0.05) is 17.6 Å². The molecule has 0 aliphatic carbocycles. The molecule has 3 rings (SSSR count). The highest BCUT2D eigenvalue weighted by Gasteiger charge is 2.11. The quantitative estimate of drug-likeness (QED) is 0.891. The van der Waals surface area contributed by atoms with E-state index in [9.17, 15) is 4.79 Å². The molecule has 0 bridgehead atoms. The van der Waals surface area contributed by atoms with Crippen LogP contribution in [0, 0.1) is 6.92 Å². The van der Waals surface area contributed by atoms with E-state index in [1.165, 1.54) is 44.5 Å². The SMILES string of the molecule is Cc1ccc2[nH]c(=O)c(CN(C)CCCN3CCCC3)cc2c1. The number of benzene rings is 1. The first-order chi connectivity index (χ1) is 11.1. The van der Waals surface area contributed by atoms with E-state index in [2.05, 4.69) is 34.8 Å². The van der Waals surface area contributed by atoms with Gasteiger partial charge in [0.15, 0.2) is 0 Å². The van der Waals surface area contributed by atoms with Crippen molar-refractivity contribution in [1.82, 2.24) is 14.8 Å². The summed E-state index contributed by atoms with van der Waals surface area (Å²) in [5, 5.41) is 1.12. The number of H-pyrrole nitrogens is 1. The number of aryl methyl sites for hydroxylation is 1. The molecule has 2 heterocycles. The van der Waals surface area contributed by atoms with Crippen LogP contribution in [0.15, 0.2) is 29.1 Å². The van der Waals surface area contributed by atoms with E-state index in [-0.39, 0.29) is 5.56 Å². The fraction of sp³-hybridized carbons (Fsp3) is 0.526. The van der Waals surface area contributed by atoms with Crippen molar-refractivity contribution in [3.05, 3.63) is 45.7 Å². The molecule has 0 atom stereocenters. The summed E-state index contributed by atoms with van der Waals surface area (Å²) in [6, 6.07) is 8.18. The number of aromatic nitrogens is 1. The zero-order valence-corrected chi connectivity index (χ0v) is 14.3. The van der Waals surface area contributed by atoms with Crippen molar-refractivity contribution < 1.29 is 0 Å². The van der Waals surface area contributed by atoms with Gasteiger partial charge in [0.05, 0.1) is 0 Å². The molecule has 1 aromatic heterocycles. The van der Waals surface area contributed by atoms with Crippen LogP contribution in [0.4, 0.5) is 0 Å². The van der Waals surface area contributed by atoms with Crippen LogP contribution in [0.3, 0.4) is 0 Å². The number of rotatable bonds is 6. The lowest BCUT2D eigenvalue weighted by Crippen LogP contribution is -2.28. The maximum absolute atomic E-state index is 12.2. The number of hydrogen-bond donors (Lipinski definition) is 1. The summed E-state index contributed by atoms with van der Waals surface area (Å²) in [6.07, 6.45) is 3.87. The second-order valence-corrected chi connectivity index (χ2v) is 6.85. The van der Waals surface area contributed by atoms with Gasteiger partial charge in [-0.25, -0.2) is 0 Å². The Morgan fingerprint density at radius 3 is 2.78 bits per heavy atom. The molecule has 1 aromatic carbocycles. The van der Waals surface area contributed by atoms with Crippen LogP contribution in [-0.4, -0.2) is 48.0 Å². The molecule has 1 aliphatic heterocycles. The van der Waals surface area contributed by atoms with Crippen LogP contribution in [0.1, 0.15) is 30.4 Å². The zero-order valence-electron chi connectivity index (χ0n) is 14.3. The van der Waals surface area contributed by atoms with Gasteiger partial charge < -0.3 is 14.8 Å². The molecule has 0 radical (unpaired) electrons. The predicted molar refractivity (Wildman–Crippen MR) is 95.9 cm³/mol. The van der Waals surface area contributed by atoms with Gasteiger partial charge in [0.25, 0.3) is 5.56 Å². The molecule has 0 spiro atoms. The summed E-state index contributed by atoms with van der Waals surface area (Å²) < 4.78 is 0. The third-order valence-corrected chi connectivity index (χ3v) is 4.73. The lowest BCUT2D eigenvalue weighted by atomic mass is 10.1. The zero-order chi connectivity index (χ0) is 16.2. The van der Waals surface area contributed by atoms with Crippen molar-refractivity contribution >= 4 is 10.9 Å². The highest BCUT2D eigenvalue weighted by Crippen LogP contribution is 2.14. The summed E-state index contributed by atoms with van der Waals surface area (Å²) in [5.74, 6) is 0. The Balaban J connectivity index is 1.60. The van der Waals surface area contributed by atoms with Gasteiger partial charge >= 0.3 is 0 Å². The molecule has 0 saturated carbocycles. The normalized spacial score (nSPS) is 15.8. The number of hydrogen-bond acceptors (Lipinski definition) is 3. The van der Waals surface area contributed by atoms with E-state index in [4.69, 9.17) is 0 Å². The second-order valence-electron chi connectivity index (χ2n) is 6.85. The van der Waals surface area contributed by atoms with E-state index in [1.807, 2.05) is 18.2 Å². The fourth-order valence-corrected chi connectivity index (χ4v) is 3.43. The molecule has 1 aliphatic rings. The van der Waals surface area contributed by atoms with Crippen molar-refractivity contribution in [1.29, 1.82) is 0 Å². The first-order valence-corrected chi connectivity index (χ1v) is 8.65. The van der Waals surface area contributed by atoms with Gasteiger partial charge in [0.2, 0.25) is 0 Å². The van der Waals surface area contributed by atoms with Gasteiger partial charge in [-0.05, 0) is 83.0 Å². The first kappa shape index (κ1) is 16.2. The van der Waals surface area contributed by atoms with Crippen LogP contribution in [-0.2, 0) is 6.54 Å². The average molecular weight is 313 g/mol. The Morgan fingerprint density at radius 1 is 1.22 bits per heavy atom. The Kier molecular flexibility index (Phi) is 5.13. The highest BCUT2D eigenvalue weighted by atomic mass is 16.1. The maximum atomic E-state index is 12.2. The first-order valence-electron chi connectivity index (χ1n) is 8.65. The molecule has 1 N–H and O–H groups in total. The topological polar surface area (TPSA) is 39.3 Å². The minimum absolute atomic E-state index is 0.0349. The van der Waals surface area contributed by atoms with Crippen molar-refractivity contribution in [3.63, 3.8) is 0 Å². The summed E-state index contributed by atoms with van der Waals surface area (Å²) in [5.41, 5.74) is 3.02. The van der Waals surface area contributed by atoms with E-state index < -0.39 is 0 Å². The third kappa shape index (κ3) is 4.21. The number of pyridine rings is 1. The van der Waals surface area contributed by atoms with E-state index >= 15 is 0 Å². The monoisotopic (exact) mass is 313 g/mol. The molecule has 2 aromatic rings. The molecule has 0 amide bonds. The lowest BCUT2D eigenvalue weighted by molar-refractivity contribution is 0.274. The minimum atomic E-state index is 0.0349.